The van der Waals surface area contributed by atoms with Crippen molar-refractivity contribution in [1.29, 1.82) is 0 Å². The summed E-state index contributed by atoms with van der Waals surface area (Å²) >= 11 is 0. The lowest BCUT2D eigenvalue weighted by molar-refractivity contribution is -0.384. The Kier molecular flexibility index (Phi) is 4.31. The highest BCUT2D eigenvalue weighted by Crippen LogP contribution is 2.40. The van der Waals surface area contributed by atoms with Crippen molar-refractivity contribution >= 4 is 11.4 Å². The van der Waals surface area contributed by atoms with Crippen LogP contribution in [0.1, 0.15) is 11.1 Å². The molecule has 0 amide bonds. The van der Waals surface area contributed by atoms with E-state index < -0.39 is 0 Å². The number of ether oxygens (including phenoxy) is 2. The van der Waals surface area contributed by atoms with Gasteiger partial charge in [0.05, 0.1) is 10.6 Å². The van der Waals surface area contributed by atoms with Crippen LogP contribution in [0.25, 0.3) is 0 Å². The maximum absolute atomic E-state index is 11.0. The van der Waals surface area contributed by atoms with Crippen LogP contribution in [0.2, 0.25) is 0 Å². The molecule has 7 heteroatoms. The molecule has 1 saturated heterocycles. The summed E-state index contributed by atoms with van der Waals surface area (Å²) in [7, 11) is 0. The van der Waals surface area contributed by atoms with Crippen LogP contribution in [-0.4, -0.2) is 55.3 Å². The summed E-state index contributed by atoms with van der Waals surface area (Å²) in [4.78, 5) is 15.6. The van der Waals surface area contributed by atoms with Crippen molar-refractivity contribution in [3.05, 3.63) is 57.6 Å². The van der Waals surface area contributed by atoms with E-state index in [2.05, 4.69) is 15.9 Å². The van der Waals surface area contributed by atoms with Crippen molar-refractivity contribution in [3.8, 4) is 11.5 Å². The van der Waals surface area contributed by atoms with Crippen molar-refractivity contribution in [1.82, 2.24) is 4.90 Å². The molecule has 2 heterocycles. The number of non-ortho nitro benzene ring substituents is 1. The van der Waals surface area contributed by atoms with Gasteiger partial charge in [0.25, 0.3) is 5.69 Å². The molecule has 2 aromatic rings. The van der Waals surface area contributed by atoms with Gasteiger partial charge in [-0.3, -0.25) is 15.0 Å². The van der Waals surface area contributed by atoms with Gasteiger partial charge in [0, 0.05) is 44.4 Å². The fraction of sp³-hybridized carbons (Fsp3) is 0.429. The van der Waals surface area contributed by atoms with Crippen molar-refractivity contribution in [2.75, 3.05) is 44.3 Å². The van der Waals surface area contributed by atoms with Crippen LogP contribution in [0.5, 0.6) is 11.5 Å². The molecular formula is C21H23N3O4. The molecule has 0 N–H and O–H groups in total. The maximum Gasteiger partial charge on any atom is 0.269 e. The number of nitrogens with zero attached hydrogens (tertiary/aromatic N) is 3. The lowest BCUT2D eigenvalue weighted by Gasteiger charge is -2.40. The monoisotopic (exact) mass is 381 g/mol. The highest BCUT2D eigenvalue weighted by molar-refractivity contribution is 5.65. The lowest BCUT2D eigenvalue weighted by atomic mass is 10.1. The summed E-state index contributed by atoms with van der Waals surface area (Å²) in [6.45, 7) is 5.03. The van der Waals surface area contributed by atoms with Gasteiger partial charge in [0.2, 0.25) is 0 Å². The minimum Gasteiger partial charge on any atom is -0.486 e. The normalized spacial score (nSPS) is 21.4. The highest BCUT2D eigenvalue weighted by Gasteiger charge is 2.31. The summed E-state index contributed by atoms with van der Waals surface area (Å²) < 4.78 is 11.6. The van der Waals surface area contributed by atoms with E-state index in [9.17, 15) is 10.1 Å². The van der Waals surface area contributed by atoms with E-state index in [1.54, 1.807) is 12.1 Å². The van der Waals surface area contributed by atoms with Gasteiger partial charge in [0.1, 0.15) is 13.2 Å². The Bertz CT molecular complexity index is 909. The molecule has 0 radical (unpaired) electrons. The third kappa shape index (κ3) is 3.05. The molecule has 0 saturated carbocycles. The number of benzene rings is 2. The number of nitro benzene ring substituents is 1. The average Bonchev–Trinajstić information content (AvgIpc) is 3.17. The van der Waals surface area contributed by atoms with Crippen LogP contribution in [0.15, 0.2) is 36.4 Å². The molecule has 0 aromatic heterocycles. The van der Waals surface area contributed by atoms with E-state index in [0.717, 1.165) is 61.8 Å². The molecule has 2 aromatic carbocycles. The Morgan fingerprint density at radius 3 is 2.57 bits per heavy atom. The second-order valence-electron chi connectivity index (χ2n) is 7.60. The SMILES string of the molecule is O=[N+]([O-])c1ccc2c(c1)CC(N1CCN(c3cccc4c3OCCO4)CC1)C2. The van der Waals surface area contributed by atoms with E-state index in [-0.39, 0.29) is 10.6 Å². The number of hydrogen-bond acceptors (Lipinski definition) is 6. The number of rotatable bonds is 3. The van der Waals surface area contributed by atoms with Gasteiger partial charge in [-0.1, -0.05) is 12.1 Å². The number of piperazine rings is 1. The van der Waals surface area contributed by atoms with Crippen molar-refractivity contribution in [2.45, 2.75) is 18.9 Å². The molecule has 1 aliphatic carbocycles. The molecule has 1 unspecified atom stereocenters. The first-order valence-electron chi connectivity index (χ1n) is 9.83. The fourth-order valence-electron chi connectivity index (χ4n) is 4.59. The van der Waals surface area contributed by atoms with Crippen molar-refractivity contribution in [2.24, 2.45) is 0 Å². The van der Waals surface area contributed by atoms with E-state index in [1.165, 1.54) is 5.56 Å². The smallest absolute Gasteiger partial charge is 0.269 e. The molecule has 146 valence electrons. The second kappa shape index (κ2) is 6.98. The van der Waals surface area contributed by atoms with Crippen LogP contribution in [0.4, 0.5) is 11.4 Å². The molecule has 0 spiro atoms. The lowest BCUT2D eigenvalue weighted by Crippen LogP contribution is -2.50. The number of hydrogen-bond donors (Lipinski definition) is 0. The van der Waals surface area contributed by atoms with Crippen LogP contribution >= 0.6 is 0 Å². The zero-order valence-corrected chi connectivity index (χ0v) is 15.7. The summed E-state index contributed by atoms with van der Waals surface area (Å²) in [6.07, 6.45) is 1.87. The van der Waals surface area contributed by atoms with Gasteiger partial charge in [-0.15, -0.1) is 0 Å². The molecule has 2 aliphatic heterocycles. The summed E-state index contributed by atoms with van der Waals surface area (Å²) in [5.74, 6) is 1.70. The predicted octanol–water partition coefficient (Wildman–Crippen LogP) is 2.66. The highest BCUT2D eigenvalue weighted by atomic mass is 16.6. The first-order valence-corrected chi connectivity index (χ1v) is 9.83. The first-order chi connectivity index (χ1) is 13.7. The number of nitro groups is 1. The first kappa shape index (κ1) is 17.3. The van der Waals surface area contributed by atoms with Crippen LogP contribution in [0.3, 0.4) is 0 Å². The molecular weight excluding hydrogens is 358 g/mol. The molecule has 28 heavy (non-hydrogen) atoms. The average molecular weight is 381 g/mol. The third-order valence-corrected chi connectivity index (χ3v) is 6.03. The van der Waals surface area contributed by atoms with Gasteiger partial charge in [-0.2, -0.15) is 0 Å². The minimum absolute atomic E-state index is 0.195. The van der Waals surface area contributed by atoms with Gasteiger partial charge in [-0.05, 0) is 36.1 Å². The zero-order chi connectivity index (χ0) is 19.1. The fourth-order valence-corrected chi connectivity index (χ4v) is 4.59. The minimum atomic E-state index is -0.307. The standard InChI is InChI=1S/C21H23N3O4/c25-24(26)17-5-4-15-12-18(14-16(15)13-17)22-6-8-23(9-7-22)19-2-1-3-20-21(19)28-11-10-27-20/h1-5,13,18H,6-12,14H2. The number of para-hydroxylation sites is 1. The molecule has 1 fully saturated rings. The molecule has 7 nitrogen and oxygen atoms in total. The van der Waals surface area contributed by atoms with E-state index >= 15 is 0 Å². The summed E-state index contributed by atoms with van der Waals surface area (Å²) in [5, 5.41) is 11.0. The summed E-state index contributed by atoms with van der Waals surface area (Å²) in [6, 6.07) is 11.8. The predicted molar refractivity (Wildman–Crippen MR) is 106 cm³/mol. The molecule has 5 rings (SSSR count). The number of anilines is 1. The van der Waals surface area contributed by atoms with Crippen LogP contribution < -0.4 is 14.4 Å². The van der Waals surface area contributed by atoms with Crippen molar-refractivity contribution in [3.63, 3.8) is 0 Å². The Morgan fingerprint density at radius 2 is 1.75 bits per heavy atom. The maximum atomic E-state index is 11.0. The Hall–Kier alpha value is -2.80. The molecule has 0 bridgehead atoms. The van der Waals surface area contributed by atoms with Gasteiger partial charge in [0.15, 0.2) is 11.5 Å². The van der Waals surface area contributed by atoms with Crippen LogP contribution in [0, 0.1) is 10.1 Å². The van der Waals surface area contributed by atoms with Gasteiger partial charge >= 0.3 is 0 Å². The largest absolute Gasteiger partial charge is 0.486 e. The van der Waals surface area contributed by atoms with Gasteiger partial charge in [-0.25, -0.2) is 0 Å². The molecule has 3 aliphatic rings. The zero-order valence-electron chi connectivity index (χ0n) is 15.7. The van der Waals surface area contributed by atoms with E-state index in [1.807, 2.05) is 18.2 Å². The van der Waals surface area contributed by atoms with Crippen LogP contribution in [-0.2, 0) is 12.8 Å². The third-order valence-electron chi connectivity index (χ3n) is 6.03. The Morgan fingerprint density at radius 1 is 0.964 bits per heavy atom. The topological polar surface area (TPSA) is 68.1 Å². The molecule has 1 atom stereocenters. The Labute approximate surface area is 163 Å². The quantitative estimate of drug-likeness (QED) is 0.602. The number of fused-ring (bicyclic) bond motifs is 2. The summed E-state index contributed by atoms with van der Waals surface area (Å²) in [5.41, 5.74) is 3.69. The van der Waals surface area contributed by atoms with Gasteiger partial charge < -0.3 is 14.4 Å². The van der Waals surface area contributed by atoms with Crippen molar-refractivity contribution < 1.29 is 14.4 Å². The Balaban J connectivity index is 1.25. The van der Waals surface area contributed by atoms with E-state index in [4.69, 9.17) is 9.47 Å². The van der Waals surface area contributed by atoms with E-state index in [0.29, 0.717) is 19.3 Å². The second-order valence-corrected chi connectivity index (χ2v) is 7.60.